The molecule has 0 saturated carbocycles. The summed E-state index contributed by atoms with van der Waals surface area (Å²) in [6.45, 7) is 4.65. The van der Waals surface area contributed by atoms with E-state index in [2.05, 4.69) is 20.2 Å². The molecule has 3 heterocycles. The molecule has 1 aliphatic rings. The summed E-state index contributed by atoms with van der Waals surface area (Å²) in [5.41, 5.74) is -1.61. The number of fused-ring (bicyclic) bond motifs is 1. The topological polar surface area (TPSA) is 104 Å². The van der Waals surface area contributed by atoms with Crippen LogP contribution in [-0.2, 0) is 16.8 Å². The van der Waals surface area contributed by atoms with Crippen molar-refractivity contribution in [2.75, 3.05) is 13.1 Å². The van der Waals surface area contributed by atoms with Gasteiger partial charge in [-0.25, -0.2) is 18.5 Å². The van der Waals surface area contributed by atoms with E-state index in [9.17, 15) is 27.2 Å². The van der Waals surface area contributed by atoms with E-state index in [1.165, 1.54) is 6.07 Å². The maximum atomic E-state index is 14.4. The van der Waals surface area contributed by atoms with Crippen molar-refractivity contribution in [2.45, 2.75) is 32.0 Å². The lowest BCUT2D eigenvalue weighted by atomic mass is 9.84. The van der Waals surface area contributed by atoms with E-state index in [1.54, 1.807) is 6.92 Å². The summed E-state index contributed by atoms with van der Waals surface area (Å²) in [6.07, 6.45) is -5.36. The number of nitrogens with one attached hydrogen (secondary N) is 1. The quantitative estimate of drug-likeness (QED) is 0.382. The first kappa shape index (κ1) is 20.1. The molecule has 9 nitrogen and oxygen atoms in total. The van der Waals surface area contributed by atoms with Gasteiger partial charge in [-0.1, -0.05) is 0 Å². The van der Waals surface area contributed by atoms with Gasteiger partial charge in [-0.3, -0.25) is 4.57 Å². The Morgan fingerprint density at radius 2 is 2.07 bits per heavy atom. The largest absolute Gasteiger partial charge is 0.491 e. The number of halogens is 4. The van der Waals surface area contributed by atoms with E-state index in [-0.39, 0.29) is 23.9 Å². The molecule has 1 N–H and O–H groups in total. The first-order valence-corrected chi connectivity index (χ1v) is 8.85. The zero-order valence-electron chi connectivity index (χ0n) is 15.7. The zero-order chi connectivity index (χ0) is 21.8. The van der Waals surface area contributed by atoms with Gasteiger partial charge in [0.15, 0.2) is 11.6 Å². The van der Waals surface area contributed by atoms with Gasteiger partial charge in [0.1, 0.15) is 5.52 Å². The Balaban J connectivity index is 1.95. The number of aryl methyl sites for hydroxylation is 1. The van der Waals surface area contributed by atoms with Crippen LogP contribution in [0.2, 0.25) is 0 Å². The van der Waals surface area contributed by atoms with Crippen molar-refractivity contribution >= 4 is 17.0 Å². The van der Waals surface area contributed by atoms with Gasteiger partial charge in [-0.15, -0.1) is 0 Å². The number of esters is 1. The van der Waals surface area contributed by atoms with Crippen LogP contribution in [0.5, 0.6) is 5.75 Å². The molecular formula is C17H15F4N5O4. The summed E-state index contributed by atoms with van der Waals surface area (Å²) < 4.78 is 64.0. The molecule has 0 amide bonds. The van der Waals surface area contributed by atoms with Crippen LogP contribution in [0.1, 0.15) is 19.7 Å². The molecular weight excluding hydrogens is 414 g/mol. The second kappa shape index (κ2) is 6.65. The van der Waals surface area contributed by atoms with Crippen LogP contribution in [0.4, 0.5) is 17.6 Å². The third kappa shape index (κ3) is 2.96. The van der Waals surface area contributed by atoms with Crippen molar-refractivity contribution in [1.29, 1.82) is 0 Å². The van der Waals surface area contributed by atoms with Gasteiger partial charge in [0.25, 0.3) is 5.95 Å². The highest BCUT2D eigenvalue weighted by Gasteiger charge is 2.43. The average molecular weight is 429 g/mol. The van der Waals surface area contributed by atoms with Gasteiger partial charge < -0.3 is 14.6 Å². The number of imidazole rings is 1. The van der Waals surface area contributed by atoms with Crippen LogP contribution in [0, 0.1) is 5.82 Å². The van der Waals surface area contributed by atoms with Crippen LogP contribution in [0.3, 0.4) is 0 Å². The van der Waals surface area contributed by atoms with E-state index in [0.29, 0.717) is 13.1 Å². The predicted molar refractivity (Wildman–Crippen MR) is 92.9 cm³/mol. The lowest BCUT2D eigenvalue weighted by Gasteiger charge is -2.35. The maximum absolute atomic E-state index is 14.4. The molecule has 0 bridgehead atoms. The van der Waals surface area contributed by atoms with Gasteiger partial charge in [-0.2, -0.15) is 18.2 Å². The number of carbonyl (C=O) groups excluding carboxylic acids is 1. The molecule has 0 aliphatic carbocycles. The van der Waals surface area contributed by atoms with Gasteiger partial charge >= 0.3 is 17.8 Å². The van der Waals surface area contributed by atoms with E-state index in [0.717, 1.165) is 15.2 Å². The highest BCUT2D eigenvalue weighted by molar-refractivity contribution is 5.88. The fourth-order valence-corrected chi connectivity index (χ4v) is 3.23. The number of nitrogens with zero attached hydrogens (tertiary/aromatic N) is 4. The number of alkyl halides is 3. The van der Waals surface area contributed by atoms with Gasteiger partial charge in [-0.05, 0) is 31.1 Å². The Bertz CT molecular complexity index is 1210. The molecule has 3 aromatic rings. The smallest absolute Gasteiger partial charge is 0.414 e. The van der Waals surface area contributed by atoms with Gasteiger partial charge in [0.2, 0.25) is 5.89 Å². The minimum atomic E-state index is -5.36. The van der Waals surface area contributed by atoms with Crippen LogP contribution >= 0.6 is 0 Å². The summed E-state index contributed by atoms with van der Waals surface area (Å²) in [7, 11) is 0. The Morgan fingerprint density at radius 3 is 2.63 bits per heavy atom. The lowest BCUT2D eigenvalue weighted by molar-refractivity contribution is -0.189. The summed E-state index contributed by atoms with van der Waals surface area (Å²) in [5, 5.41) is 6.78. The maximum Gasteiger partial charge on any atom is 0.491 e. The fourth-order valence-electron chi connectivity index (χ4n) is 3.23. The molecule has 1 aliphatic heterocycles. The molecule has 0 spiro atoms. The van der Waals surface area contributed by atoms with Crippen molar-refractivity contribution in [3.63, 3.8) is 0 Å². The van der Waals surface area contributed by atoms with E-state index < -0.39 is 40.3 Å². The minimum absolute atomic E-state index is 0.0387. The van der Waals surface area contributed by atoms with Crippen LogP contribution in [-0.4, -0.2) is 44.5 Å². The van der Waals surface area contributed by atoms with E-state index in [4.69, 9.17) is 4.52 Å². The van der Waals surface area contributed by atoms with Crippen LogP contribution in [0.15, 0.2) is 21.5 Å². The van der Waals surface area contributed by atoms with Crippen molar-refractivity contribution in [1.82, 2.24) is 24.6 Å². The Labute approximate surface area is 165 Å². The molecule has 160 valence electrons. The summed E-state index contributed by atoms with van der Waals surface area (Å²) in [5.74, 6) is -5.05. The van der Waals surface area contributed by atoms with Gasteiger partial charge in [0.05, 0.1) is 10.9 Å². The molecule has 30 heavy (non-hydrogen) atoms. The van der Waals surface area contributed by atoms with E-state index >= 15 is 0 Å². The highest BCUT2D eigenvalue weighted by atomic mass is 19.4. The van der Waals surface area contributed by atoms with Crippen molar-refractivity contribution in [3.8, 4) is 11.7 Å². The second-order valence-corrected chi connectivity index (χ2v) is 7.06. The van der Waals surface area contributed by atoms with Gasteiger partial charge in [0, 0.05) is 19.6 Å². The molecule has 1 saturated heterocycles. The molecule has 0 radical (unpaired) electrons. The normalized spacial score (nSPS) is 15.9. The lowest BCUT2D eigenvalue weighted by Crippen LogP contribution is -2.54. The van der Waals surface area contributed by atoms with Crippen molar-refractivity contribution < 1.29 is 31.6 Å². The Hall–Kier alpha value is -3.22. The molecule has 0 atom stereocenters. The van der Waals surface area contributed by atoms with Crippen LogP contribution < -0.4 is 15.7 Å². The zero-order valence-corrected chi connectivity index (χ0v) is 15.7. The molecule has 0 unspecified atom stereocenters. The number of carbonyl (C=O) groups is 1. The highest BCUT2D eigenvalue weighted by Crippen LogP contribution is 2.33. The summed E-state index contributed by atoms with van der Waals surface area (Å²) in [6, 6.07) is 2.00. The third-order valence-electron chi connectivity index (χ3n) is 4.90. The summed E-state index contributed by atoms with van der Waals surface area (Å²) >= 11 is 0. The number of rotatable bonds is 4. The second-order valence-electron chi connectivity index (χ2n) is 7.06. The summed E-state index contributed by atoms with van der Waals surface area (Å²) in [4.78, 5) is 28.4. The third-order valence-corrected chi connectivity index (χ3v) is 4.90. The monoisotopic (exact) mass is 429 g/mol. The van der Waals surface area contributed by atoms with Crippen molar-refractivity contribution in [3.05, 3.63) is 34.3 Å². The first-order chi connectivity index (χ1) is 14.1. The number of ether oxygens (including phenoxy) is 1. The number of hydrogen-bond donors (Lipinski definition) is 1. The molecule has 13 heteroatoms. The molecule has 1 fully saturated rings. The minimum Gasteiger partial charge on any atom is -0.414 e. The number of benzene rings is 1. The molecule has 2 aromatic heterocycles. The number of hydrogen-bond acceptors (Lipinski definition) is 7. The average Bonchev–Trinajstić information content (AvgIpc) is 3.23. The van der Waals surface area contributed by atoms with Crippen molar-refractivity contribution in [2.24, 2.45) is 0 Å². The Morgan fingerprint density at radius 1 is 1.37 bits per heavy atom. The number of aromatic nitrogens is 4. The molecule has 4 rings (SSSR count). The first-order valence-electron chi connectivity index (χ1n) is 8.85. The Kier molecular flexibility index (Phi) is 4.45. The standard InChI is InChI=1S/C17H15F4N5O4/c1-3-25-9-5-4-8(18)11(29-13(27)17(19,20)21)10(9)26(15(25)28)14-23-12(30-24-14)16(2)6-22-7-16/h4-5,22H,3,6-7H2,1-2H3. The SMILES string of the molecule is CCn1c(=O)n(-c2noc(C3(C)CNC3)n2)c2c(OC(=O)C(F)(F)F)c(F)ccc21. The predicted octanol–water partition coefficient (Wildman–Crippen LogP) is 1.66. The fraction of sp³-hybridized carbons (Fsp3) is 0.412. The molecule has 1 aromatic carbocycles. The van der Waals surface area contributed by atoms with E-state index in [1.807, 2.05) is 6.92 Å². The van der Waals surface area contributed by atoms with Crippen LogP contribution in [0.25, 0.3) is 17.0 Å².